The van der Waals surface area contributed by atoms with E-state index in [-0.39, 0.29) is 11.9 Å². The van der Waals surface area contributed by atoms with Crippen LogP contribution in [0.15, 0.2) is 0 Å². The summed E-state index contributed by atoms with van der Waals surface area (Å²) in [7, 11) is 0. The fraction of sp³-hybridized carbons (Fsp3) is 0.938. The number of hydrogen-bond donors (Lipinski definition) is 1. The Hall–Kier alpha value is -0.570. The molecule has 2 fully saturated rings. The molecule has 3 heteroatoms. The minimum atomic E-state index is -0.291. The van der Waals surface area contributed by atoms with Gasteiger partial charge in [-0.15, -0.1) is 0 Å². The lowest BCUT2D eigenvalue weighted by atomic mass is 9.68. The van der Waals surface area contributed by atoms with Gasteiger partial charge in [-0.1, -0.05) is 33.1 Å². The molecule has 2 rings (SSSR count). The Morgan fingerprint density at radius 1 is 1.11 bits per heavy atom. The predicted octanol–water partition coefficient (Wildman–Crippen LogP) is 2.93. The highest BCUT2D eigenvalue weighted by molar-refractivity contribution is 5.81. The zero-order valence-electron chi connectivity index (χ0n) is 12.7. The molecular formula is C16H30N2O. The maximum Gasteiger partial charge on any atom is 0.239 e. The molecule has 1 aliphatic carbocycles. The highest BCUT2D eigenvalue weighted by Gasteiger charge is 2.37. The number of nitrogens with zero attached hydrogens (tertiary/aromatic N) is 1. The van der Waals surface area contributed by atoms with Gasteiger partial charge in [-0.2, -0.15) is 0 Å². The van der Waals surface area contributed by atoms with Crippen molar-refractivity contribution in [2.45, 2.75) is 71.3 Å². The molecule has 3 nitrogen and oxygen atoms in total. The molecule has 1 amide bonds. The largest absolute Gasteiger partial charge is 0.341 e. The number of piperidine rings is 1. The van der Waals surface area contributed by atoms with Crippen LogP contribution < -0.4 is 5.73 Å². The van der Waals surface area contributed by atoms with Gasteiger partial charge in [-0.3, -0.25) is 4.79 Å². The first-order chi connectivity index (χ1) is 9.02. The summed E-state index contributed by atoms with van der Waals surface area (Å²) in [5, 5.41) is 0. The predicted molar refractivity (Wildman–Crippen MR) is 78.8 cm³/mol. The molecule has 0 radical (unpaired) electrons. The van der Waals surface area contributed by atoms with Crippen molar-refractivity contribution < 1.29 is 4.79 Å². The third-order valence-electron chi connectivity index (χ3n) is 5.09. The van der Waals surface area contributed by atoms with Gasteiger partial charge in [0.25, 0.3) is 0 Å². The maximum absolute atomic E-state index is 12.3. The van der Waals surface area contributed by atoms with E-state index in [0.29, 0.717) is 11.3 Å². The molecule has 1 saturated heterocycles. The van der Waals surface area contributed by atoms with Crippen molar-refractivity contribution in [1.82, 2.24) is 4.90 Å². The zero-order chi connectivity index (χ0) is 13.9. The Kier molecular flexibility index (Phi) is 4.88. The average molecular weight is 266 g/mol. The number of nitrogens with two attached hydrogens (primary N) is 1. The van der Waals surface area contributed by atoms with Crippen LogP contribution in [0.1, 0.15) is 65.2 Å². The van der Waals surface area contributed by atoms with E-state index >= 15 is 0 Å². The van der Waals surface area contributed by atoms with Gasteiger partial charge in [0.05, 0.1) is 6.04 Å². The molecule has 1 saturated carbocycles. The van der Waals surface area contributed by atoms with E-state index in [2.05, 4.69) is 13.8 Å². The number of likely N-dealkylation sites (tertiary alicyclic amines) is 1. The van der Waals surface area contributed by atoms with Crippen LogP contribution in [0, 0.1) is 11.3 Å². The Morgan fingerprint density at radius 3 is 2.21 bits per heavy atom. The fourth-order valence-corrected chi connectivity index (χ4v) is 3.85. The number of amides is 1. The molecule has 1 atom stereocenters. The molecule has 0 aromatic rings. The van der Waals surface area contributed by atoms with Crippen LogP contribution in [0.5, 0.6) is 0 Å². The first-order valence-electron chi connectivity index (χ1n) is 8.07. The van der Waals surface area contributed by atoms with Gasteiger partial charge in [0.1, 0.15) is 0 Å². The molecule has 0 unspecified atom stereocenters. The molecule has 0 aromatic carbocycles. The van der Waals surface area contributed by atoms with Crippen LogP contribution in [0.2, 0.25) is 0 Å². The lowest BCUT2D eigenvalue weighted by Crippen LogP contribution is -2.50. The smallest absolute Gasteiger partial charge is 0.239 e. The Morgan fingerprint density at radius 2 is 1.68 bits per heavy atom. The van der Waals surface area contributed by atoms with Gasteiger partial charge < -0.3 is 10.6 Å². The van der Waals surface area contributed by atoms with Crippen LogP contribution in [0.25, 0.3) is 0 Å². The molecule has 19 heavy (non-hydrogen) atoms. The molecular weight excluding hydrogens is 236 g/mol. The quantitative estimate of drug-likeness (QED) is 0.853. The van der Waals surface area contributed by atoms with E-state index in [0.717, 1.165) is 19.5 Å². The molecule has 110 valence electrons. The summed E-state index contributed by atoms with van der Waals surface area (Å²) >= 11 is 0. The second kappa shape index (κ2) is 6.25. The van der Waals surface area contributed by atoms with Crippen LogP contribution in [-0.4, -0.2) is 29.9 Å². The van der Waals surface area contributed by atoms with Gasteiger partial charge in [-0.25, -0.2) is 0 Å². The monoisotopic (exact) mass is 266 g/mol. The first kappa shape index (κ1) is 14.8. The molecule has 2 N–H and O–H groups in total. The molecule has 1 spiro atoms. The number of carbonyl (C=O) groups excluding carboxylic acids is 1. The van der Waals surface area contributed by atoms with E-state index in [1.165, 1.54) is 44.9 Å². The summed E-state index contributed by atoms with van der Waals surface area (Å²) in [4.78, 5) is 14.3. The molecule has 0 bridgehead atoms. The van der Waals surface area contributed by atoms with Crippen molar-refractivity contribution in [2.75, 3.05) is 13.1 Å². The highest BCUT2D eigenvalue weighted by atomic mass is 16.2. The fourth-order valence-electron chi connectivity index (χ4n) is 3.85. The van der Waals surface area contributed by atoms with Crippen LogP contribution in [-0.2, 0) is 4.79 Å². The normalized spacial score (nSPS) is 24.7. The summed E-state index contributed by atoms with van der Waals surface area (Å²) in [6.45, 7) is 6.12. The first-order valence-corrected chi connectivity index (χ1v) is 8.07. The van der Waals surface area contributed by atoms with E-state index in [4.69, 9.17) is 5.73 Å². The maximum atomic E-state index is 12.3. The second-order valence-electron chi connectivity index (χ2n) is 7.12. The van der Waals surface area contributed by atoms with Gasteiger partial charge in [-0.05, 0) is 43.4 Å². The Balaban J connectivity index is 1.83. The topological polar surface area (TPSA) is 46.3 Å². The van der Waals surface area contributed by atoms with Crippen molar-refractivity contribution in [1.29, 1.82) is 0 Å². The van der Waals surface area contributed by atoms with Crippen molar-refractivity contribution in [2.24, 2.45) is 17.1 Å². The summed E-state index contributed by atoms with van der Waals surface area (Å²) in [5.74, 6) is 0.674. The van der Waals surface area contributed by atoms with E-state index < -0.39 is 0 Å². The molecule has 0 aromatic heterocycles. The van der Waals surface area contributed by atoms with Crippen molar-refractivity contribution in [3.05, 3.63) is 0 Å². The minimum absolute atomic E-state index is 0.180. The van der Waals surface area contributed by atoms with Gasteiger partial charge in [0.15, 0.2) is 0 Å². The number of hydrogen-bond acceptors (Lipinski definition) is 2. The van der Waals surface area contributed by atoms with Crippen molar-refractivity contribution in [3.8, 4) is 0 Å². The summed E-state index contributed by atoms with van der Waals surface area (Å²) in [5.41, 5.74) is 6.59. The van der Waals surface area contributed by atoms with Crippen LogP contribution in [0.3, 0.4) is 0 Å². The molecule has 2 aliphatic rings. The zero-order valence-corrected chi connectivity index (χ0v) is 12.7. The standard InChI is InChI=1S/C16H30N2O/c1-13(2)12-14(17)15(19)18-10-8-16(9-11-18)6-4-3-5-7-16/h13-14H,3-12,17H2,1-2H3/t14-/m0/s1. The SMILES string of the molecule is CC(C)C[C@H](N)C(=O)N1CCC2(CCCCC2)CC1. The van der Waals surface area contributed by atoms with Gasteiger partial charge in [0, 0.05) is 13.1 Å². The molecule has 1 heterocycles. The summed E-state index contributed by atoms with van der Waals surface area (Å²) < 4.78 is 0. The van der Waals surface area contributed by atoms with E-state index in [9.17, 15) is 4.79 Å². The highest BCUT2D eigenvalue weighted by Crippen LogP contribution is 2.44. The van der Waals surface area contributed by atoms with Crippen LogP contribution >= 0.6 is 0 Å². The Bertz CT molecular complexity index is 298. The van der Waals surface area contributed by atoms with Gasteiger partial charge in [0.2, 0.25) is 5.91 Å². The van der Waals surface area contributed by atoms with Crippen molar-refractivity contribution in [3.63, 3.8) is 0 Å². The second-order valence-corrected chi connectivity index (χ2v) is 7.12. The Labute approximate surface area is 117 Å². The van der Waals surface area contributed by atoms with E-state index in [1.54, 1.807) is 0 Å². The number of rotatable bonds is 3. The van der Waals surface area contributed by atoms with Gasteiger partial charge >= 0.3 is 0 Å². The summed E-state index contributed by atoms with van der Waals surface area (Å²) in [6, 6.07) is -0.291. The minimum Gasteiger partial charge on any atom is -0.341 e. The lowest BCUT2D eigenvalue weighted by Gasteiger charge is -2.44. The third-order valence-corrected chi connectivity index (χ3v) is 5.09. The van der Waals surface area contributed by atoms with E-state index in [1.807, 2.05) is 4.90 Å². The average Bonchev–Trinajstić information content (AvgIpc) is 2.39. The summed E-state index contributed by atoms with van der Waals surface area (Å²) in [6.07, 6.45) is 10.2. The third kappa shape index (κ3) is 3.71. The van der Waals surface area contributed by atoms with Crippen LogP contribution in [0.4, 0.5) is 0 Å². The lowest BCUT2D eigenvalue weighted by molar-refractivity contribution is -0.135. The molecule has 1 aliphatic heterocycles. The van der Waals surface area contributed by atoms with Crippen molar-refractivity contribution >= 4 is 5.91 Å². The number of carbonyl (C=O) groups is 1.